The van der Waals surface area contributed by atoms with Gasteiger partial charge in [-0.1, -0.05) is 24.0 Å². The third-order valence-electron chi connectivity index (χ3n) is 5.55. The van der Waals surface area contributed by atoms with Gasteiger partial charge in [-0.05, 0) is 74.0 Å². The van der Waals surface area contributed by atoms with Crippen molar-refractivity contribution in [3.63, 3.8) is 0 Å². The van der Waals surface area contributed by atoms with E-state index in [1.807, 2.05) is 0 Å². The molecule has 2 amide bonds. The average molecular weight is 653 g/mol. The molecule has 3 rings (SSSR count). The summed E-state index contributed by atoms with van der Waals surface area (Å²) >= 11 is 7.26. The number of thioether (sulfide) groups is 1. The molecule has 0 aliphatic carbocycles. The monoisotopic (exact) mass is 652 g/mol. The molecule has 0 unspecified atom stereocenters. The van der Waals surface area contributed by atoms with E-state index < -0.39 is 35.0 Å². The van der Waals surface area contributed by atoms with E-state index in [4.69, 9.17) is 17.0 Å². The highest BCUT2D eigenvalue weighted by molar-refractivity contribution is 8.26. The number of hydrogen-bond acceptors (Lipinski definition) is 7. The average Bonchev–Trinajstić information content (AvgIpc) is 3.42. The maximum Gasteiger partial charge on any atom is 0.416 e. The molecule has 228 valence electrons. The number of thiocarbonyl (C=S) groups is 1. The Hall–Kier alpha value is -2.91. The molecule has 1 N–H and O–H groups in total. The molecule has 0 radical (unpaired) electrons. The molecule has 1 aliphatic rings. The summed E-state index contributed by atoms with van der Waals surface area (Å²) in [5.41, 5.74) is -3.58. The van der Waals surface area contributed by atoms with Crippen LogP contribution in [0.3, 0.4) is 0 Å². The highest BCUT2D eigenvalue weighted by atomic mass is 32.2. The van der Waals surface area contributed by atoms with Crippen molar-refractivity contribution in [1.29, 1.82) is 0 Å². The number of nitrogens with one attached hydrogen (secondary N) is 1. The standard InChI is InChI=1S/C27H26F6N2O4S3/c1-25(2,3)39-22(37)5-4-7-34-21(36)6-8-35-23(38)20(42-24(35)40)13-19-11-16(14-41-19)15-9-17(26(28,29)30)12-18(10-15)27(31,32)33/h9-14H,4-8H2,1-3H3,(H,34,36)/b20-13-. The minimum atomic E-state index is -4.97. The van der Waals surface area contributed by atoms with E-state index >= 15 is 0 Å². The summed E-state index contributed by atoms with van der Waals surface area (Å²) in [5.74, 6) is -1.20. The Labute approximate surface area is 251 Å². The Morgan fingerprint density at radius 2 is 1.60 bits per heavy atom. The number of ether oxygens (including phenoxy) is 1. The van der Waals surface area contributed by atoms with Crippen molar-refractivity contribution in [3.8, 4) is 11.1 Å². The first-order valence-electron chi connectivity index (χ1n) is 12.5. The van der Waals surface area contributed by atoms with Gasteiger partial charge in [0.05, 0.1) is 16.0 Å². The Balaban J connectivity index is 1.61. The van der Waals surface area contributed by atoms with Crippen molar-refractivity contribution in [2.75, 3.05) is 13.1 Å². The van der Waals surface area contributed by atoms with Crippen LogP contribution in [-0.4, -0.2) is 45.7 Å². The molecule has 0 spiro atoms. The maximum absolute atomic E-state index is 13.2. The fourth-order valence-electron chi connectivity index (χ4n) is 3.68. The zero-order valence-corrected chi connectivity index (χ0v) is 25.0. The third-order valence-corrected chi connectivity index (χ3v) is 7.81. The summed E-state index contributed by atoms with van der Waals surface area (Å²) in [5, 5.41) is 4.06. The second-order valence-corrected chi connectivity index (χ2v) is 12.8. The van der Waals surface area contributed by atoms with Gasteiger partial charge in [0.15, 0.2) is 0 Å². The van der Waals surface area contributed by atoms with Gasteiger partial charge in [-0.3, -0.25) is 19.3 Å². The molecular weight excluding hydrogens is 626 g/mol. The maximum atomic E-state index is 13.2. The first kappa shape index (κ1) is 33.6. The van der Waals surface area contributed by atoms with Crippen LogP contribution >= 0.6 is 35.3 Å². The number of amides is 2. The van der Waals surface area contributed by atoms with Crippen molar-refractivity contribution in [2.24, 2.45) is 0 Å². The van der Waals surface area contributed by atoms with E-state index in [9.17, 15) is 40.7 Å². The Bertz CT molecular complexity index is 1360. The van der Waals surface area contributed by atoms with Crippen LogP contribution in [0.5, 0.6) is 0 Å². The fourth-order valence-corrected chi connectivity index (χ4v) is 5.90. The van der Waals surface area contributed by atoms with Gasteiger partial charge in [-0.25, -0.2) is 0 Å². The molecule has 1 aromatic carbocycles. The van der Waals surface area contributed by atoms with E-state index in [1.54, 1.807) is 20.8 Å². The van der Waals surface area contributed by atoms with Gasteiger partial charge in [-0.2, -0.15) is 26.3 Å². The molecule has 42 heavy (non-hydrogen) atoms. The first-order chi connectivity index (χ1) is 19.3. The van der Waals surface area contributed by atoms with Crippen molar-refractivity contribution in [2.45, 2.75) is 58.0 Å². The van der Waals surface area contributed by atoms with Gasteiger partial charge in [0, 0.05) is 30.8 Å². The quantitative estimate of drug-likeness (QED) is 0.101. The summed E-state index contributed by atoms with van der Waals surface area (Å²) in [6.45, 7) is 5.51. The lowest BCUT2D eigenvalue weighted by Crippen LogP contribution is -2.34. The number of benzene rings is 1. The largest absolute Gasteiger partial charge is 0.460 e. The van der Waals surface area contributed by atoms with Crippen LogP contribution in [0.1, 0.15) is 56.0 Å². The molecule has 1 aromatic heterocycles. The molecule has 0 bridgehead atoms. The smallest absolute Gasteiger partial charge is 0.416 e. The molecule has 1 saturated heterocycles. The van der Waals surface area contributed by atoms with Crippen molar-refractivity contribution in [3.05, 3.63) is 50.6 Å². The van der Waals surface area contributed by atoms with E-state index in [0.29, 0.717) is 23.4 Å². The summed E-state index contributed by atoms with van der Waals surface area (Å²) in [6, 6.07) is 2.73. The summed E-state index contributed by atoms with van der Waals surface area (Å²) in [6.07, 6.45) is -8.03. The van der Waals surface area contributed by atoms with Crippen LogP contribution in [0.4, 0.5) is 26.3 Å². The Kier molecular flexibility index (Phi) is 10.5. The highest BCUT2D eigenvalue weighted by Gasteiger charge is 2.37. The number of carbonyl (C=O) groups is 3. The van der Waals surface area contributed by atoms with E-state index in [-0.39, 0.29) is 64.2 Å². The van der Waals surface area contributed by atoms with Gasteiger partial charge < -0.3 is 10.1 Å². The second kappa shape index (κ2) is 13.2. The molecule has 2 aromatic rings. The second-order valence-electron chi connectivity index (χ2n) is 10.2. The molecule has 1 fully saturated rings. The van der Waals surface area contributed by atoms with Crippen molar-refractivity contribution >= 4 is 63.5 Å². The minimum absolute atomic E-state index is 0.0000496. The number of rotatable bonds is 9. The van der Waals surface area contributed by atoms with Crippen LogP contribution in [0.2, 0.25) is 0 Å². The summed E-state index contributed by atoms with van der Waals surface area (Å²) < 4.78 is 84.8. The first-order valence-corrected chi connectivity index (χ1v) is 14.6. The predicted molar refractivity (Wildman–Crippen MR) is 152 cm³/mol. The Morgan fingerprint density at radius 3 is 2.17 bits per heavy atom. The van der Waals surface area contributed by atoms with Crippen molar-refractivity contribution < 1.29 is 45.5 Å². The van der Waals surface area contributed by atoms with Gasteiger partial charge in [0.2, 0.25) is 5.91 Å². The van der Waals surface area contributed by atoms with Gasteiger partial charge in [-0.15, -0.1) is 11.3 Å². The molecule has 15 heteroatoms. The predicted octanol–water partition coefficient (Wildman–Crippen LogP) is 7.28. The lowest BCUT2D eigenvalue weighted by Gasteiger charge is -2.19. The topological polar surface area (TPSA) is 75.7 Å². The number of thiophene rings is 1. The number of halogens is 6. The number of nitrogens with zero attached hydrogens (tertiary/aromatic N) is 1. The van der Waals surface area contributed by atoms with Crippen LogP contribution in [-0.2, 0) is 31.5 Å². The van der Waals surface area contributed by atoms with E-state index in [2.05, 4.69) is 5.32 Å². The number of carbonyl (C=O) groups excluding carboxylic acids is 3. The lowest BCUT2D eigenvalue weighted by atomic mass is 10.0. The normalized spacial score (nSPS) is 15.5. The summed E-state index contributed by atoms with van der Waals surface area (Å²) in [7, 11) is 0. The van der Waals surface area contributed by atoms with Gasteiger partial charge >= 0.3 is 18.3 Å². The Morgan fingerprint density at radius 1 is 0.976 bits per heavy atom. The van der Waals surface area contributed by atoms with E-state index in [0.717, 1.165) is 23.1 Å². The zero-order chi connectivity index (χ0) is 31.5. The fraction of sp³-hybridized carbons (Fsp3) is 0.407. The van der Waals surface area contributed by atoms with Crippen LogP contribution < -0.4 is 5.32 Å². The van der Waals surface area contributed by atoms with E-state index in [1.165, 1.54) is 22.4 Å². The summed E-state index contributed by atoms with van der Waals surface area (Å²) in [4.78, 5) is 38.7. The number of hydrogen-bond donors (Lipinski definition) is 1. The van der Waals surface area contributed by atoms with Crippen LogP contribution in [0.25, 0.3) is 17.2 Å². The lowest BCUT2D eigenvalue weighted by molar-refractivity contribution is -0.155. The number of alkyl halides is 6. The SMILES string of the molecule is CC(C)(C)OC(=O)CCCNC(=O)CCN1C(=O)/C(=C/c2cc(-c3cc(C(F)(F)F)cc(C(F)(F)F)c3)cs2)SC1=S. The number of esters is 1. The molecular formula is C27H26F6N2O4S3. The van der Waals surface area contributed by atoms with Gasteiger partial charge in [0.25, 0.3) is 5.91 Å². The van der Waals surface area contributed by atoms with Crippen molar-refractivity contribution in [1.82, 2.24) is 10.2 Å². The molecule has 0 saturated carbocycles. The van der Waals surface area contributed by atoms with Crippen LogP contribution in [0.15, 0.2) is 34.6 Å². The minimum Gasteiger partial charge on any atom is -0.460 e. The highest BCUT2D eigenvalue weighted by Crippen LogP contribution is 2.40. The molecule has 1 aliphatic heterocycles. The van der Waals surface area contributed by atoms with Crippen LogP contribution in [0, 0.1) is 0 Å². The molecule has 6 nitrogen and oxygen atoms in total. The van der Waals surface area contributed by atoms with Gasteiger partial charge in [0.1, 0.15) is 9.92 Å². The zero-order valence-electron chi connectivity index (χ0n) is 22.6. The molecule has 0 atom stereocenters. The molecule has 2 heterocycles. The third kappa shape index (κ3) is 9.56.